The van der Waals surface area contributed by atoms with E-state index in [0.29, 0.717) is 12.1 Å². The SMILES string of the molecule is Cc1ccc([C@H](C)N2CCN(C3(C)CCN(C(=O)c4c(C)ccnc4C)CC3)C[C@@H]2C)cc1. The molecule has 0 aliphatic carbocycles. The molecule has 5 heteroatoms. The first kappa shape index (κ1) is 23.9. The Kier molecular flexibility index (Phi) is 6.92. The molecule has 2 atom stereocenters. The van der Waals surface area contributed by atoms with E-state index in [1.807, 2.05) is 24.8 Å². The Balaban J connectivity index is 1.37. The van der Waals surface area contributed by atoms with Gasteiger partial charge in [-0.1, -0.05) is 29.8 Å². The maximum Gasteiger partial charge on any atom is 0.255 e. The highest BCUT2D eigenvalue weighted by Gasteiger charge is 2.40. The topological polar surface area (TPSA) is 39.7 Å². The number of benzene rings is 1. The van der Waals surface area contributed by atoms with Gasteiger partial charge in [0.2, 0.25) is 0 Å². The van der Waals surface area contributed by atoms with Gasteiger partial charge in [0.1, 0.15) is 0 Å². The predicted molar refractivity (Wildman–Crippen MR) is 135 cm³/mol. The standard InChI is InChI=1S/C28H40N4O/c1-20-7-9-25(10-8-20)24(5)32-18-17-31(19-22(32)3)28(6)12-15-30(16-13-28)27(33)26-21(2)11-14-29-23(26)4/h7-11,14,22,24H,12-13,15-19H2,1-6H3/t22-,24-/m0/s1. The summed E-state index contributed by atoms with van der Waals surface area (Å²) in [6.45, 7) is 18.1. The average molecular weight is 449 g/mol. The summed E-state index contributed by atoms with van der Waals surface area (Å²) in [5.74, 6) is 0.144. The fourth-order valence-corrected chi connectivity index (χ4v) is 5.76. The summed E-state index contributed by atoms with van der Waals surface area (Å²) in [6.07, 6.45) is 3.84. The minimum Gasteiger partial charge on any atom is -0.338 e. The fraction of sp³-hybridized carbons (Fsp3) is 0.571. The molecule has 0 bridgehead atoms. The van der Waals surface area contributed by atoms with Gasteiger partial charge in [-0.25, -0.2) is 0 Å². The van der Waals surface area contributed by atoms with Crippen molar-refractivity contribution in [3.8, 4) is 0 Å². The molecule has 0 radical (unpaired) electrons. The van der Waals surface area contributed by atoms with Gasteiger partial charge >= 0.3 is 0 Å². The second kappa shape index (κ2) is 9.55. The van der Waals surface area contributed by atoms with Crippen LogP contribution in [0.25, 0.3) is 0 Å². The normalized spacial score (nSPS) is 22.8. The first-order chi connectivity index (χ1) is 15.7. The summed E-state index contributed by atoms with van der Waals surface area (Å²) < 4.78 is 0. The summed E-state index contributed by atoms with van der Waals surface area (Å²) in [4.78, 5) is 25.0. The number of nitrogens with zero attached hydrogens (tertiary/aromatic N) is 4. The van der Waals surface area contributed by atoms with Crippen molar-refractivity contribution in [2.24, 2.45) is 0 Å². The molecule has 0 unspecified atom stereocenters. The third-order valence-electron chi connectivity index (χ3n) is 8.19. The van der Waals surface area contributed by atoms with Crippen LogP contribution in [0.2, 0.25) is 0 Å². The van der Waals surface area contributed by atoms with Gasteiger partial charge in [-0.05, 0) is 71.6 Å². The molecule has 0 saturated carbocycles. The van der Waals surface area contributed by atoms with E-state index < -0.39 is 0 Å². The molecule has 2 aromatic rings. The van der Waals surface area contributed by atoms with Crippen LogP contribution < -0.4 is 0 Å². The van der Waals surface area contributed by atoms with E-state index >= 15 is 0 Å². The van der Waals surface area contributed by atoms with E-state index in [2.05, 4.69) is 66.7 Å². The summed E-state index contributed by atoms with van der Waals surface area (Å²) in [5, 5.41) is 0. The monoisotopic (exact) mass is 448 g/mol. The van der Waals surface area contributed by atoms with Crippen molar-refractivity contribution in [1.82, 2.24) is 19.7 Å². The summed E-state index contributed by atoms with van der Waals surface area (Å²) in [5.41, 5.74) is 5.52. The van der Waals surface area contributed by atoms with Gasteiger partial charge in [0.25, 0.3) is 5.91 Å². The summed E-state index contributed by atoms with van der Waals surface area (Å²) in [7, 11) is 0. The maximum absolute atomic E-state index is 13.2. The summed E-state index contributed by atoms with van der Waals surface area (Å²) in [6, 6.07) is 11.9. The van der Waals surface area contributed by atoms with Crippen LogP contribution in [-0.2, 0) is 0 Å². The average Bonchev–Trinajstić information content (AvgIpc) is 2.79. The highest BCUT2D eigenvalue weighted by Crippen LogP contribution is 2.33. The highest BCUT2D eigenvalue weighted by atomic mass is 16.2. The number of piperidine rings is 1. The van der Waals surface area contributed by atoms with Crippen molar-refractivity contribution in [3.05, 3.63) is 64.5 Å². The minimum absolute atomic E-state index is 0.144. The molecule has 2 fully saturated rings. The predicted octanol–water partition coefficient (Wildman–Crippen LogP) is 4.77. The number of piperazine rings is 1. The number of carbonyl (C=O) groups excluding carboxylic acids is 1. The van der Waals surface area contributed by atoms with E-state index in [1.165, 1.54) is 11.1 Å². The molecule has 4 rings (SSSR count). The van der Waals surface area contributed by atoms with Gasteiger partial charge < -0.3 is 4.90 Å². The lowest BCUT2D eigenvalue weighted by Crippen LogP contribution is -2.62. The number of hydrogen-bond donors (Lipinski definition) is 0. The molecule has 2 aliphatic heterocycles. The van der Waals surface area contributed by atoms with Crippen LogP contribution in [0.5, 0.6) is 0 Å². The van der Waals surface area contributed by atoms with Crippen LogP contribution in [0.3, 0.4) is 0 Å². The lowest BCUT2D eigenvalue weighted by atomic mass is 9.86. The third-order valence-corrected chi connectivity index (χ3v) is 8.19. The fourth-order valence-electron chi connectivity index (χ4n) is 5.76. The number of amides is 1. The number of rotatable bonds is 4. The Labute approximate surface area is 199 Å². The zero-order valence-electron chi connectivity index (χ0n) is 21.3. The molecule has 33 heavy (non-hydrogen) atoms. The van der Waals surface area contributed by atoms with Crippen LogP contribution in [0.1, 0.15) is 72.4 Å². The Morgan fingerprint density at radius 2 is 1.70 bits per heavy atom. The van der Waals surface area contributed by atoms with Crippen LogP contribution in [0.15, 0.2) is 36.5 Å². The van der Waals surface area contributed by atoms with Crippen molar-refractivity contribution < 1.29 is 4.79 Å². The van der Waals surface area contributed by atoms with Gasteiger partial charge in [0, 0.05) is 56.5 Å². The molecule has 0 spiro atoms. The molecule has 2 aliphatic rings. The van der Waals surface area contributed by atoms with E-state index in [0.717, 1.165) is 62.4 Å². The molecule has 5 nitrogen and oxygen atoms in total. The van der Waals surface area contributed by atoms with Crippen LogP contribution in [-0.4, -0.2) is 69.9 Å². The Morgan fingerprint density at radius 1 is 1.03 bits per heavy atom. The molecule has 3 heterocycles. The highest BCUT2D eigenvalue weighted by molar-refractivity contribution is 5.96. The second-order valence-electron chi connectivity index (χ2n) is 10.5. The Morgan fingerprint density at radius 3 is 2.30 bits per heavy atom. The quantitative estimate of drug-likeness (QED) is 0.676. The molecule has 2 saturated heterocycles. The van der Waals surface area contributed by atoms with Gasteiger partial charge in [-0.15, -0.1) is 0 Å². The lowest BCUT2D eigenvalue weighted by molar-refractivity contribution is -0.0278. The van der Waals surface area contributed by atoms with Gasteiger partial charge in [0.05, 0.1) is 11.3 Å². The van der Waals surface area contributed by atoms with E-state index in [1.54, 1.807) is 6.20 Å². The van der Waals surface area contributed by atoms with E-state index in [-0.39, 0.29) is 11.4 Å². The number of carbonyl (C=O) groups is 1. The zero-order valence-corrected chi connectivity index (χ0v) is 21.3. The van der Waals surface area contributed by atoms with Crippen LogP contribution in [0, 0.1) is 20.8 Å². The summed E-state index contributed by atoms with van der Waals surface area (Å²) >= 11 is 0. The number of aromatic nitrogens is 1. The van der Waals surface area contributed by atoms with Gasteiger partial charge in [0.15, 0.2) is 0 Å². The second-order valence-corrected chi connectivity index (χ2v) is 10.5. The van der Waals surface area contributed by atoms with Crippen molar-refractivity contribution in [2.45, 2.75) is 72.0 Å². The Bertz CT molecular complexity index is 958. The van der Waals surface area contributed by atoms with E-state index in [9.17, 15) is 4.79 Å². The van der Waals surface area contributed by atoms with E-state index in [4.69, 9.17) is 0 Å². The molecule has 178 valence electrons. The molecule has 1 aromatic heterocycles. The Hall–Kier alpha value is -2.24. The number of hydrogen-bond acceptors (Lipinski definition) is 4. The smallest absolute Gasteiger partial charge is 0.255 e. The number of aryl methyl sites for hydroxylation is 3. The molecule has 1 aromatic carbocycles. The van der Waals surface area contributed by atoms with Crippen molar-refractivity contribution >= 4 is 5.91 Å². The molecule has 0 N–H and O–H groups in total. The number of pyridine rings is 1. The zero-order chi connectivity index (χ0) is 23.8. The maximum atomic E-state index is 13.2. The van der Waals surface area contributed by atoms with Crippen molar-refractivity contribution in [2.75, 3.05) is 32.7 Å². The van der Waals surface area contributed by atoms with Gasteiger partial charge in [-0.2, -0.15) is 0 Å². The lowest BCUT2D eigenvalue weighted by Gasteiger charge is -2.52. The van der Waals surface area contributed by atoms with Crippen molar-refractivity contribution in [1.29, 1.82) is 0 Å². The third kappa shape index (κ3) is 4.85. The first-order valence-corrected chi connectivity index (χ1v) is 12.5. The van der Waals surface area contributed by atoms with Crippen molar-refractivity contribution in [3.63, 3.8) is 0 Å². The molecule has 1 amide bonds. The minimum atomic E-state index is 0.144. The molecular formula is C28H40N4O. The van der Waals surface area contributed by atoms with Crippen LogP contribution in [0.4, 0.5) is 0 Å². The largest absolute Gasteiger partial charge is 0.338 e. The first-order valence-electron chi connectivity index (χ1n) is 12.5. The van der Waals surface area contributed by atoms with Gasteiger partial charge in [-0.3, -0.25) is 19.6 Å². The molecular weight excluding hydrogens is 408 g/mol. The van der Waals surface area contributed by atoms with Crippen LogP contribution >= 0.6 is 0 Å². The number of likely N-dealkylation sites (tertiary alicyclic amines) is 1.